The highest BCUT2D eigenvalue weighted by atomic mass is 19.1. The molecule has 0 spiro atoms. The first kappa shape index (κ1) is 15.4. The number of rotatable bonds is 5. The lowest BCUT2D eigenvalue weighted by Gasteiger charge is -2.18. The van der Waals surface area contributed by atoms with E-state index in [1.807, 2.05) is 0 Å². The third-order valence-electron chi connectivity index (χ3n) is 3.02. The number of carbonyl (C=O) groups is 1. The number of likely N-dealkylation sites (N-methyl/N-ethyl adjacent to an activating group) is 1. The molecular formula is C15H14FN3O3. The van der Waals surface area contributed by atoms with Crippen molar-refractivity contribution in [3.8, 4) is 0 Å². The van der Waals surface area contributed by atoms with Crippen LogP contribution in [-0.2, 0) is 4.79 Å². The average molecular weight is 303 g/mol. The Morgan fingerprint density at radius 1 is 1.23 bits per heavy atom. The molecule has 0 radical (unpaired) electrons. The zero-order valence-electron chi connectivity index (χ0n) is 11.8. The van der Waals surface area contributed by atoms with Crippen molar-refractivity contribution in [1.29, 1.82) is 0 Å². The number of hydrogen-bond donors (Lipinski definition) is 1. The normalized spacial score (nSPS) is 10.1. The minimum Gasteiger partial charge on any atom is -0.365 e. The van der Waals surface area contributed by atoms with Crippen LogP contribution in [0.25, 0.3) is 0 Å². The van der Waals surface area contributed by atoms with Gasteiger partial charge in [-0.25, -0.2) is 4.39 Å². The first-order valence-electron chi connectivity index (χ1n) is 6.47. The fraction of sp³-hybridized carbons (Fsp3) is 0.133. The monoisotopic (exact) mass is 303 g/mol. The van der Waals surface area contributed by atoms with Crippen LogP contribution in [0.1, 0.15) is 0 Å². The fourth-order valence-corrected chi connectivity index (χ4v) is 1.93. The van der Waals surface area contributed by atoms with Crippen LogP contribution in [0.2, 0.25) is 0 Å². The number of nitrogens with zero attached hydrogens (tertiary/aromatic N) is 2. The number of carbonyl (C=O) groups excluding carboxylic acids is 1. The molecule has 0 unspecified atom stereocenters. The van der Waals surface area contributed by atoms with E-state index in [4.69, 9.17) is 0 Å². The number of anilines is 2. The summed E-state index contributed by atoms with van der Waals surface area (Å²) in [4.78, 5) is 23.9. The number of benzene rings is 2. The summed E-state index contributed by atoms with van der Waals surface area (Å²) in [5, 5.41) is 13.4. The number of para-hydroxylation sites is 2. The zero-order chi connectivity index (χ0) is 16.1. The molecule has 1 amide bonds. The van der Waals surface area contributed by atoms with Crippen molar-refractivity contribution in [1.82, 2.24) is 0 Å². The number of amides is 1. The van der Waals surface area contributed by atoms with E-state index >= 15 is 0 Å². The van der Waals surface area contributed by atoms with Gasteiger partial charge < -0.3 is 10.2 Å². The Hall–Kier alpha value is -2.96. The van der Waals surface area contributed by atoms with Gasteiger partial charge in [-0.2, -0.15) is 0 Å². The van der Waals surface area contributed by atoms with Crippen LogP contribution in [-0.4, -0.2) is 24.4 Å². The van der Waals surface area contributed by atoms with Crippen molar-refractivity contribution in [3.05, 3.63) is 64.5 Å². The van der Waals surface area contributed by atoms with Gasteiger partial charge in [-0.05, 0) is 30.3 Å². The quantitative estimate of drug-likeness (QED) is 0.680. The molecule has 0 saturated carbocycles. The summed E-state index contributed by atoms with van der Waals surface area (Å²) in [6.07, 6.45) is 0. The molecule has 22 heavy (non-hydrogen) atoms. The maximum atomic E-state index is 12.9. The fourth-order valence-electron chi connectivity index (χ4n) is 1.93. The van der Waals surface area contributed by atoms with Gasteiger partial charge in [-0.3, -0.25) is 14.9 Å². The van der Waals surface area contributed by atoms with Gasteiger partial charge in [0.05, 0.1) is 11.5 Å². The van der Waals surface area contributed by atoms with Crippen LogP contribution in [0.5, 0.6) is 0 Å². The van der Waals surface area contributed by atoms with Crippen molar-refractivity contribution in [3.63, 3.8) is 0 Å². The first-order chi connectivity index (χ1) is 10.5. The van der Waals surface area contributed by atoms with Gasteiger partial charge >= 0.3 is 0 Å². The van der Waals surface area contributed by atoms with Crippen molar-refractivity contribution in [2.45, 2.75) is 0 Å². The third-order valence-corrected chi connectivity index (χ3v) is 3.02. The maximum absolute atomic E-state index is 12.9. The highest BCUT2D eigenvalue weighted by molar-refractivity contribution is 5.95. The van der Waals surface area contributed by atoms with Crippen molar-refractivity contribution in [2.75, 3.05) is 23.8 Å². The van der Waals surface area contributed by atoms with E-state index in [0.717, 1.165) is 0 Å². The molecule has 0 saturated heterocycles. The number of nitro groups is 1. The lowest BCUT2D eigenvalue weighted by molar-refractivity contribution is -0.383. The molecule has 0 aliphatic carbocycles. The van der Waals surface area contributed by atoms with E-state index in [2.05, 4.69) is 5.32 Å². The van der Waals surface area contributed by atoms with Gasteiger partial charge in [0.2, 0.25) is 5.91 Å². The predicted molar refractivity (Wildman–Crippen MR) is 81.4 cm³/mol. The van der Waals surface area contributed by atoms with Gasteiger partial charge in [-0.15, -0.1) is 0 Å². The van der Waals surface area contributed by atoms with Gasteiger partial charge in [0.25, 0.3) is 5.69 Å². The largest absolute Gasteiger partial charge is 0.365 e. The summed E-state index contributed by atoms with van der Waals surface area (Å²) < 4.78 is 12.9. The van der Waals surface area contributed by atoms with E-state index in [1.54, 1.807) is 30.1 Å². The standard InChI is InChI=1S/C15H14FN3O3/c1-18(12-8-6-11(16)7-9-12)10-15(20)17-13-4-2-3-5-14(13)19(21)22/h2-9H,10H2,1H3,(H,17,20). The lowest BCUT2D eigenvalue weighted by atomic mass is 10.2. The second-order valence-corrected chi connectivity index (χ2v) is 4.65. The molecule has 7 heteroatoms. The van der Waals surface area contributed by atoms with Gasteiger partial charge in [0.15, 0.2) is 0 Å². The molecule has 0 atom stereocenters. The second kappa shape index (κ2) is 6.66. The Balaban J connectivity index is 2.04. The van der Waals surface area contributed by atoms with Crippen molar-refractivity contribution < 1.29 is 14.1 Å². The molecule has 0 aliphatic rings. The summed E-state index contributed by atoms with van der Waals surface area (Å²) >= 11 is 0. The van der Waals surface area contributed by atoms with Gasteiger partial charge in [0.1, 0.15) is 11.5 Å². The van der Waals surface area contributed by atoms with Crippen molar-refractivity contribution in [2.24, 2.45) is 0 Å². The summed E-state index contributed by atoms with van der Waals surface area (Å²) in [5.74, 6) is -0.761. The highest BCUT2D eigenvalue weighted by Crippen LogP contribution is 2.23. The van der Waals surface area contributed by atoms with Crippen LogP contribution >= 0.6 is 0 Å². The summed E-state index contributed by atoms with van der Waals surface area (Å²) in [5.41, 5.74) is 0.643. The summed E-state index contributed by atoms with van der Waals surface area (Å²) in [6, 6.07) is 11.6. The predicted octanol–water partition coefficient (Wildman–Crippen LogP) is 2.81. The smallest absolute Gasteiger partial charge is 0.292 e. The molecule has 0 fully saturated rings. The van der Waals surface area contributed by atoms with E-state index in [1.165, 1.54) is 30.3 Å². The molecule has 0 bridgehead atoms. The van der Waals surface area contributed by atoms with E-state index < -0.39 is 10.8 Å². The van der Waals surface area contributed by atoms with Crippen LogP contribution < -0.4 is 10.2 Å². The second-order valence-electron chi connectivity index (χ2n) is 4.65. The maximum Gasteiger partial charge on any atom is 0.292 e. The summed E-state index contributed by atoms with van der Waals surface area (Å²) in [7, 11) is 1.67. The number of halogens is 1. The number of hydrogen-bond acceptors (Lipinski definition) is 4. The molecule has 2 rings (SSSR count). The van der Waals surface area contributed by atoms with Gasteiger partial charge in [-0.1, -0.05) is 12.1 Å². The minimum atomic E-state index is -0.556. The minimum absolute atomic E-state index is 0.0162. The van der Waals surface area contributed by atoms with Gasteiger partial charge in [0, 0.05) is 18.8 Å². The highest BCUT2D eigenvalue weighted by Gasteiger charge is 2.15. The van der Waals surface area contributed by atoms with E-state index in [9.17, 15) is 19.3 Å². The summed E-state index contributed by atoms with van der Waals surface area (Å²) in [6.45, 7) is -0.0162. The Labute approximate surface area is 126 Å². The van der Waals surface area contributed by atoms with E-state index in [-0.39, 0.29) is 23.7 Å². The molecule has 0 aliphatic heterocycles. The third kappa shape index (κ3) is 3.78. The molecule has 2 aromatic carbocycles. The Kier molecular flexibility index (Phi) is 4.67. The molecular weight excluding hydrogens is 289 g/mol. The van der Waals surface area contributed by atoms with Crippen LogP contribution in [0.4, 0.5) is 21.5 Å². The van der Waals surface area contributed by atoms with Crippen molar-refractivity contribution >= 4 is 23.0 Å². The number of nitro benzene ring substituents is 1. The molecule has 2 aromatic rings. The van der Waals surface area contributed by atoms with Crippen LogP contribution in [0, 0.1) is 15.9 Å². The zero-order valence-corrected chi connectivity index (χ0v) is 11.8. The lowest BCUT2D eigenvalue weighted by Crippen LogP contribution is -2.30. The Morgan fingerprint density at radius 2 is 1.86 bits per heavy atom. The molecule has 114 valence electrons. The molecule has 0 heterocycles. The average Bonchev–Trinajstić information content (AvgIpc) is 2.48. The molecule has 0 aromatic heterocycles. The SMILES string of the molecule is CN(CC(=O)Nc1ccccc1[N+](=O)[O-])c1ccc(F)cc1. The topological polar surface area (TPSA) is 75.5 Å². The van der Waals surface area contributed by atoms with Crippen LogP contribution in [0.15, 0.2) is 48.5 Å². The Morgan fingerprint density at radius 3 is 2.50 bits per heavy atom. The van der Waals surface area contributed by atoms with Crippen LogP contribution in [0.3, 0.4) is 0 Å². The molecule has 6 nitrogen and oxygen atoms in total. The first-order valence-corrected chi connectivity index (χ1v) is 6.47. The Bertz CT molecular complexity index is 689. The van der Waals surface area contributed by atoms with E-state index in [0.29, 0.717) is 5.69 Å². The molecule has 1 N–H and O–H groups in total. The number of nitrogens with one attached hydrogen (secondary N) is 1.